The normalized spacial score (nSPS) is 10.7. The van der Waals surface area contributed by atoms with Crippen LogP contribution in [-0.4, -0.2) is 26.4 Å². The number of benzene rings is 4. The molecule has 1 aromatic heterocycles. The minimum Gasteiger partial charge on any atom is -0.325 e. The second-order valence-electron chi connectivity index (χ2n) is 7.98. The van der Waals surface area contributed by atoms with Crippen molar-refractivity contribution in [3.8, 4) is 16.8 Å². The number of amides is 1. The van der Waals surface area contributed by atoms with E-state index in [2.05, 4.69) is 27.6 Å². The number of hydrogen-bond donors (Lipinski definition) is 1. The minimum atomic E-state index is -0.0920. The average Bonchev–Trinajstić information content (AvgIpc) is 3.31. The summed E-state index contributed by atoms with van der Waals surface area (Å²) < 4.78 is 2.03. The van der Waals surface area contributed by atoms with Crippen molar-refractivity contribution >= 4 is 23.4 Å². The molecule has 5 rings (SSSR count). The number of nitrogens with zero attached hydrogens (tertiary/aromatic N) is 3. The number of carbonyl (C=O) groups excluding carboxylic acids is 1. The van der Waals surface area contributed by atoms with Crippen LogP contribution in [0.3, 0.4) is 0 Å². The van der Waals surface area contributed by atoms with E-state index in [-0.39, 0.29) is 11.7 Å². The van der Waals surface area contributed by atoms with E-state index in [1.807, 2.05) is 108 Å². The topological polar surface area (TPSA) is 59.8 Å². The van der Waals surface area contributed by atoms with Gasteiger partial charge in [0.1, 0.15) is 5.82 Å². The van der Waals surface area contributed by atoms with Crippen LogP contribution in [0.2, 0.25) is 0 Å². The summed E-state index contributed by atoms with van der Waals surface area (Å²) in [5.41, 5.74) is 4.97. The lowest BCUT2D eigenvalue weighted by molar-refractivity contribution is -0.113. The van der Waals surface area contributed by atoms with Crippen LogP contribution >= 0.6 is 11.8 Å². The molecule has 0 saturated heterocycles. The van der Waals surface area contributed by atoms with Gasteiger partial charge < -0.3 is 5.32 Å². The zero-order valence-electron chi connectivity index (χ0n) is 19.0. The summed E-state index contributed by atoms with van der Waals surface area (Å²) >= 11 is 1.38. The van der Waals surface area contributed by atoms with Crippen molar-refractivity contribution < 1.29 is 4.79 Å². The molecule has 35 heavy (non-hydrogen) atoms. The molecule has 0 aliphatic carbocycles. The highest BCUT2D eigenvalue weighted by atomic mass is 32.2. The first-order valence-electron chi connectivity index (χ1n) is 11.4. The average molecular weight is 477 g/mol. The molecule has 1 heterocycles. The largest absolute Gasteiger partial charge is 0.325 e. The van der Waals surface area contributed by atoms with Crippen LogP contribution in [0.15, 0.2) is 120 Å². The quantitative estimate of drug-likeness (QED) is 0.269. The summed E-state index contributed by atoms with van der Waals surface area (Å²) in [6, 6.07) is 38.1. The Morgan fingerprint density at radius 1 is 0.743 bits per heavy atom. The first-order chi connectivity index (χ1) is 17.3. The molecule has 0 spiro atoms. The van der Waals surface area contributed by atoms with Gasteiger partial charge in [-0.15, -0.1) is 10.2 Å². The van der Waals surface area contributed by atoms with Gasteiger partial charge in [0, 0.05) is 23.4 Å². The third-order valence-corrected chi connectivity index (χ3v) is 6.47. The summed E-state index contributed by atoms with van der Waals surface area (Å²) in [5, 5.41) is 12.6. The van der Waals surface area contributed by atoms with Crippen molar-refractivity contribution in [2.24, 2.45) is 0 Å². The molecule has 0 aliphatic rings. The zero-order chi connectivity index (χ0) is 23.9. The van der Waals surface area contributed by atoms with Gasteiger partial charge in [-0.2, -0.15) is 0 Å². The molecule has 0 fully saturated rings. The van der Waals surface area contributed by atoms with Crippen LogP contribution in [0.25, 0.3) is 16.8 Å². The molecular formula is C29H24N4OS. The van der Waals surface area contributed by atoms with Crippen molar-refractivity contribution in [2.45, 2.75) is 11.6 Å². The lowest BCUT2D eigenvalue weighted by atomic mass is 10.0. The summed E-state index contributed by atoms with van der Waals surface area (Å²) in [5.74, 6) is 0.963. The number of thioether (sulfide) groups is 1. The van der Waals surface area contributed by atoms with Crippen LogP contribution < -0.4 is 5.32 Å². The fourth-order valence-electron chi connectivity index (χ4n) is 3.90. The van der Waals surface area contributed by atoms with E-state index in [4.69, 9.17) is 0 Å². The van der Waals surface area contributed by atoms with Gasteiger partial charge >= 0.3 is 0 Å². The fraction of sp³-hybridized carbons (Fsp3) is 0.0690. The van der Waals surface area contributed by atoms with Crippen LogP contribution in [0.1, 0.15) is 11.4 Å². The van der Waals surface area contributed by atoms with Gasteiger partial charge in [0.2, 0.25) is 5.91 Å². The van der Waals surface area contributed by atoms with Crippen molar-refractivity contribution in [3.05, 3.63) is 127 Å². The minimum absolute atomic E-state index is 0.0920. The Morgan fingerprint density at radius 2 is 1.37 bits per heavy atom. The summed E-state index contributed by atoms with van der Waals surface area (Å²) in [7, 11) is 0. The molecule has 0 aliphatic heterocycles. The van der Waals surface area contributed by atoms with E-state index in [9.17, 15) is 4.79 Å². The van der Waals surface area contributed by atoms with E-state index in [1.54, 1.807) is 0 Å². The molecule has 5 nitrogen and oxygen atoms in total. The molecule has 6 heteroatoms. The Labute approximate surface area is 208 Å². The first kappa shape index (κ1) is 22.6. The molecule has 0 bridgehead atoms. The Hall–Kier alpha value is -4.16. The number of anilines is 1. The van der Waals surface area contributed by atoms with Crippen molar-refractivity contribution in [1.29, 1.82) is 0 Å². The third-order valence-electron chi connectivity index (χ3n) is 5.54. The number of carbonyl (C=O) groups is 1. The SMILES string of the molecule is O=C(CSc1nnc(Cc2ccccc2)n1-c1ccccc1)Nc1ccccc1-c1ccccc1. The van der Waals surface area contributed by atoms with Crippen LogP contribution in [0.4, 0.5) is 5.69 Å². The number of nitrogens with one attached hydrogen (secondary N) is 1. The lowest BCUT2D eigenvalue weighted by Gasteiger charge is -2.12. The predicted octanol–water partition coefficient (Wildman–Crippen LogP) is 6.26. The van der Waals surface area contributed by atoms with E-state index in [1.165, 1.54) is 11.8 Å². The fourth-order valence-corrected chi connectivity index (χ4v) is 4.67. The highest BCUT2D eigenvalue weighted by molar-refractivity contribution is 7.99. The van der Waals surface area contributed by atoms with Gasteiger partial charge in [-0.1, -0.05) is 109 Å². The zero-order valence-corrected chi connectivity index (χ0v) is 19.9. The van der Waals surface area contributed by atoms with Crippen molar-refractivity contribution in [3.63, 3.8) is 0 Å². The monoisotopic (exact) mass is 476 g/mol. The van der Waals surface area contributed by atoms with Gasteiger partial charge in [-0.3, -0.25) is 9.36 Å². The second kappa shape index (κ2) is 10.8. The smallest absolute Gasteiger partial charge is 0.234 e. The maximum absolute atomic E-state index is 12.9. The molecule has 172 valence electrons. The van der Waals surface area contributed by atoms with Crippen LogP contribution in [-0.2, 0) is 11.2 Å². The molecule has 4 aromatic carbocycles. The molecule has 0 atom stereocenters. The Bertz CT molecular complexity index is 1400. The summed E-state index contributed by atoms with van der Waals surface area (Å²) in [4.78, 5) is 12.9. The van der Waals surface area contributed by atoms with E-state index < -0.39 is 0 Å². The molecule has 5 aromatic rings. The number of aromatic nitrogens is 3. The molecule has 0 saturated carbocycles. The number of para-hydroxylation sites is 2. The lowest BCUT2D eigenvalue weighted by Crippen LogP contribution is -2.15. The molecule has 0 unspecified atom stereocenters. The second-order valence-corrected chi connectivity index (χ2v) is 8.92. The highest BCUT2D eigenvalue weighted by Crippen LogP contribution is 2.28. The summed E-state index contributed by atoms with van der Waals surface area (Å²) in [6.45, 7) is 0. The molecular weight excluding hydrogens is 452 g/mol. The van der Waals surface area contributed by atoms with Crippen LogP contribution in [0.5, 0.6) is 0 Å². The van der Waals surface area contributed by atoms with Gasteiger partial charge in [-0.25, -0.2) is 0 Å². The van der Waals surface area contributed by atoms with E-state index in [0.29, 0.717) is 11.6 Å². The van der Waals surface area contributed by atoms with Gasteiger partial charge in [0.05, 0.1) is 5.75 Å². The number of hydrogen-bond acceptors (Lipinski definition) is 4. The number of rotatable bonds is 8. The Kier molecular flexibility index (Phi) is 7.01. The third kappa shape index (κ3) is 5.50. The predicted molar refractivity (Wildman–Crippen MR) is 142 cm³/mol. The van der Waals surface area contributed by atoms with E-state index in [0.717, 1.165) is 33.9 Å². The maximum Gasteiger partial charge on any atom is 0.234 e. The summed E-state index contributed by atoms with van der Waals surface area (Å²) in [6.07, 6.45) is 0.653. The van der Waals surface area contributed by atoms with Crippen LogP contribution in [0, 0.1) is 0 Å². The molecule has 1 N–H and O–H groups in total. The molecule has 1 amide bonds. The van der Waals surface area contributed by atoms with Gasteiger partial charge in [-0.05, 0) is 29.3 Å². The van der Waals surface area contributed by atoms with Crippen molar-refractivity contribution in [1.82, 2.24) is 14.8 Å². The van der Waals surface area contributed by atoms with E-state index >= 15 is 0 Å². The van der Waals surface area contributed by atoms with Gasteiger partial charge in [0.15, 0.2) is 5.16 Å². The maximum atomic E-state index is 12.9. The highest BCUT2D eigenvalue weighted by Gasteiger charge is 2.17. The Morgan fingerprint density at radius 3 is 2.11 bits per heavy atom. The Balaban J connectivity index is 1.34. The van der Waals surface area contributed by atoms with Gasteiger partial charge in [0.25, 0.3) is 0 Å². The van der Waals surface area contributed by atoms with Crippen molar-refractivity contribution in [2.75, 3.05) is 11.1 Å². The molecule has 0 radical (unpaired) electrons. The first-order valence-corrected chi connectivity index (χ1v) is 12.4. The standard InChI is InChI=1S/C29H24N4OS/c34-28(30-26-19-11-10-18-25(26)23-14-6-2-7-15-23)21-35-29-32-31-27(20-22-12-4-1-5-13-22)33(29)24-16-8-3-9-17-24/h1-19H,20-21H2,(H,30,34).